The van der Waals surface area contributed by atoms with Gasteiger partial charge in [-0.2, -0.15) is 0 Å². The fourth-order valence-electron chi connectivity index (χ4n) is 2.31. The van der Waals surface area contributed by atoms with Crippen molar-refractivity contribution >= 4 is 17.7 Å². The average molecular weight is 327 g/mol. The molecule has 1 amide bonds. The second-order valence-corrected chi connectivity index (χ2v) is 5.06. The molecule has 5 heteroatoms. The lowest BCUT2D eigenvalue weighted by Gasteiger charge is -2.14. The number of carbonyl (C=O) groups excluding carboxylic acids is 1. The van der Waals surface area contributed by atoms with Gasteiger partial charge in [-0.3, -0.25) is 4.79 Å². The van der Waals surface area contributed by atoms with E-state index in [1.54, 1.807) is 39.5 Å². The van der Waals surface area contributed by atoms with Gasteiger partial charge in [0, 0.05) is 17.3 Å². The lowest BCUT2D eigenvalue weighted by atomic mass is 10.1. The molecule has 0 aliphatic rings. The van der Waals surface area contributed by atoms with Crippen LogP contribution in [0.25, 0.3) is 6.08 Å². The lowest BCUT2D eigenvalue weighted by Crippen LogP contribution is -2.08. The van der Waals surface area contributed by atoms with E-state index in [2.05, 4.69) is 5.32 Å². The summed E-state index contributed by atoms with van der Waals surface area (Å²) < 4.78 is 16.0. The third-order valence-electron chi connectivity index (χ3n) is 3.55. The smallest absolute Gasteiger partial charge is 0.248 e. The molecule has 0 aromatic heterocycles. The molecule has 2 aromatic rings. The molecule has 0 saturated heterocycles. The Morgan fingerprint density at radius 2 is 1.67 bits per heavy atom. The van der Waals surface area contributed by atoms with Crippen LogP contribution < -0.4 is 19.5 Å². The van der Waals surface area contributed by atoms with Gasteiger partial charge in [-0.05, 0) is 36.8 Å². The Morgan fingerprint density at radius 1 is 0.958 bits per heavy atom. The molecule has 1 N–H and O–H groups in total. The molecule has 0 saturated carbocycles. The summed E-state index contributed by atoms with van der Waals surface area (Å²) in [5, 5.41) is 2.85. The average Bonchev–Trinajstić information content (AvgIpc) is 2.60. The zero-order chi connectivity index (χ0) is 17.5. The molecule has 126 valence electrons. The van der Waals surface area contributed by atoms with Gasteiger partial charge in [-0.25, -0.2) is 0 Å². The fraction of sp³-hybridized carbons (Fsp3) is 0.211. The number of rotatable bonds is 6. The van der Waals surface area contributed by atoms with E-state index in [4.69, 9.17) is 14.2 Å². The van der Waals surface area contributed by atoms with Crippen molar-refractivity contribution in [3.8, 4) is 17.2 Å². The van der Waals surface area contributed by atoms with Crippen LogP contribution in [0, 0.1) is 6.92 Å². The van der Waals surface area contributed by atoms with Crippen LogP contribution in [0.3, 0.4) is 0 Å². The number of amides is 1. The van der Waals surface area contributed by atoms with E-state index in [1.165, 1.54) is 6.08 Å². The standard InChI is InChI=1S/C19H21NO4/c1-13-7-5-6-8-15(13)20-17(21)12-10-14-9-11-16(22-2)19(24-4)18(14)23-3/h5-12H,1-4H3,(H,20,21)/b12-10+. The maximum absolute atomic E-state index is 12.1. The molecular formula is C19H21NO4. The number of para-hydroxylation sites is 1. The molecule has 0 aliphatic heterocycles. The highest BCUT2D eigenvalue weighted by Crippen LogP contribution is 2.40. The topological polar surface area (TPSA) is 56.8 Å². The van der Waals surface area contributed by atoms with Crippen LogP contribution in [0.4, 0.5) is 5.69 Å². The van der Waals surface area contributed by atoms with Crippen LogP contribution in [-0.2, 0) is 4.79 Å². The van der Waals surface area contributed by atoms with E-state index >= 15 is 0 Å². The number of aryl methyl sites for hydroxylation is 1. The largest absolute Gasteiger partial charge is 0.493 e. The summed E-state index contributed by atoms with van der Waals surface area (Å²) in [6.07, 6.45) is 3.13. The second-order valence-electron chi connectivity index (χ2n) is 5.06. The number of carbonyl (C=O) groups is 1. The van der Waals surface area contributed by atoms with Crippen LogP contribution in [-0.4, -0.2) is 27.2 Å². The van der Waals surface area contributed by atoms with Crippen LogP contribution in [0.2, 0.25) is 0 Å². The Hall–Kier alpha value is -2.95. The first-order chi connectivity index (χ1) is 11.6. The molecule has 0 fully saturated rings. The van der Waals surface area contributed by atoms with Crippen molar-refractivity contribution in [3.63, 3.8) is 0 Å². The first-order valence-electron chi connectivity index (χ1n) is 7.44. The van der Waals surface area contributed by atoms with Crippen LogP contribution in [0.15, 0.2) is 42.5 Å². The number of methoxy groups -OCH3 is 3. The molecule has 2 rings (SSSR count). The van der Waals surface area contributed by atoms with Crippen molar-refractivity contribution in [2.24, 2.45) is 0 Å². The Kier molecular flexibility index (Phi) is 5.84. The highest BCUT2D eigenvalue weighted by atomic mass is 16.5. The minimum atomic E-state index is -0.221. The zero-order valence-corrected chi connectivity index (χ0v) is 14.3. The fourth-order valence-corrected chi connectivity index (χ4v) is 2.31. The molecular weight excluding hydrogens is 306 g/mol. The van der Waals surface area contributed by atoms with Gasteiger partial charge in [-0.15, -0.1) is 0 Å². The normalized spacial score (nSPS) is 10.5. The first-order valence-corrected chi connectivity index (χ1v) is 7.44. The van der Waals surface area contributed by atoms with Crippen molar-refractivity contribution in [3.05, 3.63) is 53.6 Å². The summed E-state index contributed by atoms with van der Waals surface area (Å²) >= 11 is 0. The summed E-state index contributed by atoms with van der Waals surface area (Å²) in [6, 6.07) is 11.2. The van der Waals surface area contributed by atoms with Gasteiger partial charge in [0.05, 0.1) is 21.3 Å². The molecule has 0 heterocycles. The van der Waals surface area contributed by atoms with Gasteiger partial charge < -0.3 is 19.5 Å². The van der Waals surface area contributed by atoms with Gasteiger partial charge in [0.2, 0.25) is 11.7 Å². The lowest BCUT2D eigenvalue weighted by molar-refractivity contribution is -0.111. The van der Waals surface area contributed by atoms with E-state index < -0.39 is 0 Å². The van der Waals surface area contributed by atoms with Gasteiger partial charge in [0.1, 0.15) is 0 Å². The highest BCUT2D eigenvalue weighted by Gasteiger charge is 2.14. The third-order valence-corrected chi connectivity index (χ3v) is 3.55. The van der Waals surface area contributed by atoms with Gasteiger partial charge in [0.15, 0.2) is 11.5 Å². The van der Waals surface area contributed by atoms with Crippen molar-refractivity contribution in [2.45, 2.75) is 6.92 Å². The predicted octanol–water partition coefficient (Wildman–Crippen LogP) is 3.67. The zero-order valence-electron chi connectivity index (χ0n) is 14.3. The van der Waals surface area contributed by atoms with Crippen LogP contribution in [0.5, 0.6) is 17.2 Å². The molecule has 0 bridgehead atoms. The molecule has 0 unspecified atom stereocenters. The monoisotopic (exact) mass is 327 g/mol. The maximum Gasteiger partial charge on any atom is 0.248 e. The maximum atomic E-state index is 12.1. The minimum Gasteiger partial charge on any atom is -0.493 e. The second kappa shape index (κ2) is 8.06. The first kappa shape index (κ1) is 17.4. The van der Waals surface area contributed by atoms with E-state index in [-0.39, 0.29) is 5.91 Å². The number of anilines is 1. The summed E-state index contributed by atoms with van der Waals surface area (Å²) in [5.74, 6) is 1.34. The summed E-state index contributed by atoms with van der Waals surface area (Å²) in [7, 11) is 4.64. The quantitative estimate of drug-likeness (QED) is 0.823. The van der Waals surface area contributed by atoms with E-state index in [1.807, 2.05) is 31.2 Å². The molecule has 0 atom stereocenters. The summed E-state index contributed by atoms with van der Waals surface area (Å²) in [4.78, 5) is 12.1. The van der Waals surface area contributed by atoms with Crippen molar-refractivity contribution < 1.29 is 19.0 Å². The Bertz CT molecular complexity index is 753. The van der Waals surface area contributed by atoms with Crippen LogP contribution >= 0.6 is 0 Å². The van der Waals surface area contributed by atoms with Crippen molar-refractivity contribution in [1.82, 2.24) is 0 Å². The Morgan fingerprint density at radius 3 is 2.29 bits per heavy atom. The number of ether oxygens (including phenoxy) is 3. The Labute approximate surface area is 141 Å². The van der Waals surface area contributed by atoms with Crippen molar-refractivity contribution in [2.75, 3.05) is 26.6 Å². The van der Waals surface area contributed by atoms with E-state index in [9.17, 15) is 4.79 Å². The van der Waals surface area contributed by atoms with Crippen molar-refractivity contribution in [1.29, 1.82) is 0 Å². The third kappa shape index (κ3) is 3.87. The molecule has 0 aliphatic carbocycles. The molecule has 5 nitrogen and oxygen atoms in total. The SMILES string of the molecule is COc1ccc(/C=C/C(=O)Nc2ccccc2C)c(OC)c1OC. The number of nitrogens with one attached hydrogen (secondary N) is 1. The highest BCUT2D eigenvalue weighted by molar-refractivity contribution is 6.02. The van der Waals surface area contributed by atoms with Gasteiger partial charge >= 0.3 is 0 Å². The molecule has 0 radical (unpaired) electrons. The molecule has 24 heavy (non-hydrogen) atoms. The molecule has 0 spiro atoms. The number of hydrogen-bond acceptors (Lipinski definition) is 4. The molecule has 2 aromatic carbocycles. The summed E-state index contributed by atoms with van der Waals surface area (Å²) in [6.45, 7) is 1.94. The van der Waals surface area contributed by atoms with Crippen LogP contribution in [0.1, 0.15) is 11.1 Å². The predicted molar refractivity (Wildman–Crippen MR) is 94.9 cm³/mol. The summed E-state index contributed by atoms with van der Waals surface area (Å²) in [5.41, 5.74) is 2.50. The van der Waals surface area contributed by atoms with Gasteiger partial charge in [-0.1, -0.05) is 18.2 Å². The van der Waals surface area contributed by atoms with E-state index in [0.29, 0.717) is 17.2 Å². The number of hydrogen-bond donors (Lipinski definition) is 1. The van der Waals surface area contributed by atoms with E-state index in [0.717, 1.165) is 16.8 Å². The van der Waals surface area contributed by atoms with Gasteiger partial charge in [0.25, 0.3) is 0 Å². The number of benzene rings is 2. The minimum absolute atomic E-state index is 0.221. The Balaban J connectivity index is 2.22.